The lowest BCUT2D eigenvalue weighted by Crippen LogP contribution is -2.50. The van der Waals surface area contributed by atoms with Crippen molar-refractivity contribution >= 4 is 29.3 Å². The van der Waals surface area contributed by atoms with E-state index in [1.165, 1.54) is 0 Å². The van der Waals surface area contributed by atoms with E-state index in [4.69, 9.17) is 4.74 Å². The third-order valence-electron chi connectivity index (χ3n) is 6.09. The number of hydrogen-bond acceptors (Lipinski definition) is 4. The Hall–Kier alpha value is -3.25. The van der Waals surface area contributed by atoms with Gasteiger partial charge in [0.1, 0.15) is 5.75 Å². The largest absolute Gasteiger partial charge is 0.497 e. The van der Waals surface area contributed by atoms with Gasteiger partial charge in [0, 0.05) is 23.4 Å². The van der Waals surface area contributed by atoms with Gasteiger partial charge in [-0.15, -0.1) is 11.8 Å². The van der Waals surface area contributed by atoms with Gasteiger partial charge in [-0.05, 0) is 36.8 Å². The van der Waals surface area contributed by atoms with Crippen LogP contribution in [0.15, 0.2) is 72.8 Å². The van der Waals surface area contributed by atoms with Gasteiger partial charge in [0.05, 0.1) is 19.3 Å². The molecule has 2 aliphatic rings. The van der Waals surface area contributed by atoms with E-state index in [1.54, 1.807) is 42.0 Å². The summed E-state index contributed by atoms with van der Waals surface area (Å²) in [6.45, 7) is 3.03. The molecule has 2 amide bonds. The normalized spacial score (nSPS) is 19.5. The van der Waals surface area contributed by atoms with Crippen LogP contribution in [-0.2, 0) is 16.2 Å². The predicted octanol–water partition coefficient (Wildman–Crippen LogP) is 4.59. The first-order valence-electron chi connectivity index (χ1n) is 10.6. The molecule has 1 spiro atoms. The number of para-hydroxylation sites is 1. The highest BCUT2D eigenvalue weighted by Gasteiger charge is 2.59. The van der Waals surface area contributed by atoms with Gasteiger partial charge in [-0.1, -0.05) is 54.1 Å². The summed E-state index contributed by atoms with van der Waals surface area (Å²) in [7, 11) is 1.58. The Kier molecular flexibility index (Phi) is 5.18. The number of carbonyl (C=O) groups is 2. The number of rotatable bonds is 4. The van der Waals surface area contributed by atoms with E-state index in [2.05, 4.69) is 6.07 Å². The Bertz CT molecular complexity index is 1210. The molecule has 162 valence electrons. The molecule has 0 aromatic heterocycles. The van der Waals surface area contributed by atoms with Crippen LogP contribution in [0.25, 0.3) is 0 Å². The number of thioether (sulfide) groups is 1. The molecular formula is C26H24N2O3S. The maximum Gasteiger partial charge on any atom is 0.268 e. The molecule has 1 fully saturated rings. The molecule has 0 unspecified atom stereocenters. The van der Waals surface area contributed by atoms with E-state index in [1.807, 2.05) is 60.4 Å². The number of hydrogen-bond donors (Lipinski definition) is 0. The molecule has 0 radical (unpaired) electrons. The van der Waals surface area contributed by atoms with Crippen LogP contribution in [0.2, 0.25) is 0 Å². The molecule has 0 bridgehead atoms. The van der Waals surface area contributed by atoms with Crippen molar-refractivity contribution in [3.63, 3.8) is 0 Å². The zero-order valence-corrected chi connectivity index (χ0v) is 18.9. The number of benzene rings is 3. The first-order valence-corrected chi connectivity index (χ1v) is 11.6. The molecule has 1 saturated heterocycles. The minimum Gasteiger partial charge on any atom is -0.497 e. The van der Waals surface area contributed by atoms with Gasteiger partial charge in [0.2, 0.25) is 0 Å². The number of carbonyl (C=O) groups excluding carboxylic acids is 2. The van der Waals surface area contributed by atoms with Gasteiger partial charge in [-0.2, -0.15) is 0 Å². The van der Waals surface area contributed by atoms with Gasteiger partial charge in [0.25, 0.3) is 11.8 Å². The number of amides is 2. The maximum absolute atomic E-state index is 14.0. The lowest BCUT2D eigenvalue weighted by Gasteiger charge is -2.33. The second-order valence-electron chi connectivity index (χ2n) is 8.08. The first kappa shape index (κ1) is 20.6. The average Bonchev–Trinajstić information content (AvgIpc) is 3.36. The van der Waals surface area contributed by atoms with E-state index in [-0.39, 0.29) is 11.8 Å². The summed E-state index contributed by atoms with van der Waals surface area (Å²) in [5.74, 6) is 1.11. The van der Waals surface area contributed by atoms with Crippen LogP contribution in [0.1, 0.15) is 27.0 Å². The second kappa shape index (κ2) is 8.02. The highest BCUT2D eigenvalue weighted by molar-refractivity contribution is 8.01. The van der Waals surface area contributed by atoms with Crippen molar-refractivity contribution in [1.82, 2.24) is 4.90 Å². The number of ether oxygens (including phenoxy) is 1. The van der Waals surface area contributed by atoms with Crippen LogP contribution in [-0.4, -0.2) is 36.1 Å². The monoisotopic (exact) mass is 444 g/mol. The van der Waals surface area contributed by atoms with Gasteiger partial charge in [0.15, 0.2) is 4.87 Å². The van der Waals surface area contributed by atoms with Crippen molar-refractivity contribution in [2.75, 3.05) is 24.3 Å². The van der Waals surface area contributed by atoms with Crippen LogP contribution in [0.3, 0.4) is 0 Å². The van der Waals surface area contributed by atoms with Gasteiger partial charge in [-0.3, -0.25) is 9.59 Å². The van der Waals surface area contributed by atoms with Crippen molar-refractivity contribution in [1.29, 1.82) is 0 Å². The Morgan fingerprint density at radius 2 is 1.88 bits per heavy atom. The fraction of sp³-hybridized carbons (Fsp3) is 0.231. The second-order valence-corrected chi connectivity index (χ2v) is 9.37. The minimum atomic E-state index is -1.04. The molecule has 5 nitrogen and oxygen atoms in total. The van der Waals surface area contributed by atoms with Gasteiger partial charge >= 0.3 is 0 Å². The van der Waals surface area contributed by atoms with Crippen LogP contribution < -0.4 is 9.64 Å². The van der Waals surface area contributed by atoms with Crippen LogP contribution in [0.5, 0.6) is 5.75 Å². The van der Waals surface area contributed by atoms with E-state index in [9.17, 15) is 9.59 Å². The van der Waals surface area contributed by atoms with Crippen molar-refractivity contribution in [2.24, 2.45) is 0 Å². The molecule has 0 N–H and O–H groups in total. The van der Waals surface area contributed by atoms with Crippen molar-refractivity contribution < 1.29 is 14.3 Å². The standard InChI is InChI=1S/C26H24N2O3S/c1-18-7-5-8-19(15-18)17-27-23-12-4-3-11-22(23)26(25(27)30)28(13-14-32-26)24(29)20-9-6-10-21(16-20)31-2/h3-12,15-16H,13-14,17H2,1-2H3/t26-/m1/s1. The van der Waals surface area contributed by atoms with Crippen LogP contribution >= 0.6 is 11.8 Å². The molecule has 0 saturated carbocycles. The Morgan fingerprint density at radius 1 is 1.06 bits per heavy atom. The molecule has 2 heterocycles. The average molecular weight is 445 g/mol. The van der Waals surface area contributed by atoms with Crippen molar-refractivity contribution in [2.45, 2.75) is 18.3 Å². The highest BCUT2D eigenvalue weighted by atomic mass is 32.2. The topological polar surface area (TPSA) is 49.9 Å². The van der Waals surface area contributed by atoms with E-state index in [0.29, 0.717) is 30.2 Å². The quantitative estimate of drug-likeness (QED) is 0.591. The number of aryl methyl sites for hydroxylation is 1. The van der Waals surface area contributed by atoms with E-state index >= 15 is 0 Å². The molecule has 32 heavy (non-hydrogen) atoms. The minimum absolute atomic E-state index is 0.0565. The third-order valence-corrected chi connectivity index (χ3v) is 7.51. The summed E-state index contributed by atoms with van der Waals surface area (Å²) in [6, 6.07) is 23.2. The molecule has 3 aromatic carbocycles. The lowest BCUT2D eigenvalue weighted by atomic mass is 10.0. The molecule has 1 atom stereocenters. The lowest BCUT2D eigenvalue weighted by molar-refractivity contribution is -0.123. The van der Waals surface area contributed by atoms with Gasteiger partial charge < -0.3 is 14.5 Å². The van der Waals surface area contributed by atoms with Crippen LogP contribution in [0, 0.1) is 6.92 Å². The Labute approximate surface area is 192 Å². The molecule has 2 aliphatic heterocycles. The number of methoxy groups -OCH3 is 1. The smallest absolute Gasteiger partial charge is 0.268 e. The van der Waals surface area contributed by atoms with Crippen molar-refractivity contribution in [3.05, 3.63) is 95.1 Å². The summed E-state index contributed by atoms with van der Waals surface area (Å²) in [5, 5.41) is 0. The molecular weight excluding hydrogens is 420 g/mol. The first-order chi connectivity index (χ1) is 15.5. The fourth-order valence-electron chi connectivity index (χ4n) is 4.63. The summed E-state index contributed by atoms with van der Waals surface area (Å²) in [6.07, 6.45) is 0. The summed E-state index contributed by atoms with van der Waals surface area (Å²) < 4.78 is 5.30. The molecule has 0 aliphatic carbocycles. The molecule has 5 rings (SSSR count). The fourth-order valence-corrected chi connectivity index (χ4v) is 6.09. The summed E-state index contributed by atoms with van der Waals surface area (Å²) >= 11 is 1.54. The maximum atomic E-state index is 14.0. The van der Waals surface area contributed by atoms with Crippen molar-refractivity contribution in [3.8, 4) is 5.75 Å². The third kappa shape index (κ3) is 3.17. The zero-order chi connectivity index (χ0) is 22.3. The Morgan fingerprint density at radius 3 is 2.69 bits per heavy atom. The SMILES string of the molecule is COc1cccc(C(=O)N2CCS[C@]23C(=O)N(Cc2cccc(C)c2)c2ccccc23)c1. The summed E-state index contributed by atoms with van der Waals surface area (Å²) in [5.41, 5.74) is 4.50. The van der Waals surface area contributed by atoms with Crippen LogP contribution in [0.4, 0.5) is 5.69 Å². The molecule has 3 aromatic rings. The number of nitrogens with zero attached hydrogens (tertiary/aromatic N) is 2. The molecule has 6 heteroatoms. The predicted molar refractivity (Wildman–Crippen MR) is 127 cm³/mol. The number of fused-ring (bicyclic) bond motifs is 2. The van der Waals surface area contributed by atoms with Gasteiger partial charge in [-0.25, -0.2) is 0 Å². The number of anilines is 1. The van der Waals surface area contributed by atoms with E-state index in [0.717, 1.165) is 22.4 Å². The summed E-state index contributed by atoms with van der Waals surface area (Å²) in [4.78, 5) is 30.2. The highest BCUT2D eigenvalue weighted by Crippen LogP contribution is 2.54. The van der Waals surface area contributed by atoms with E-state index < -0.39 is 4.87 Å². The Balaban J connectivity index is 1.56. The zero-order valence-electron chi connectivity index (χ0n) is 18.1.